The number of nitrogens with one attached hydrogen (secondary N) is 1. The monoisotopic (exact) mass is 355 g/mol. The maximum absolute atomic E-state index is 4.73. The lowest BCUT2D eigenvalue weighted by Gasteiger charge is -2.18. The fourth-order valence-electron chi connectivity index (χ4n) is 2.87. The molecule has 3 rings (SSSR count). The van der Waals surface area contributed by atoms with Crippen molar-refractivity contribution in [1.29, 1.82) is 0 Å². The molecule has 0 saturated heterocycles. The summed E-state index contributed by atoms with van der Waals surface area (Å²) in [6.45, 7) is 0.852. The predicted octanol–water partition coefficient (Wildman–Crippen LogP) is 4.77. The average molecular weight is 355 g/mol. The van der Waals surface area contributed by atoms with Crippen LogP contribution in [0.2, 0.25) is 0 Å². The number of aliphatic imine (C=N–C) groups is 1. The third-order valence-electron chi connectivity index (χ3n) is 4.09. The van der Waals surface area contributed by atoms with E-state index in [1.165, 1.54) is 5.56 Å². The number of hydrogen-bond acceptors (Lipinski definition) is 3. The van der Waals surface area contributed by atoms with Gasteiger partial charge in [0.1, 0.15) is 5.84 Å². The Morgan fingerprint density at radius 2 is 1.52 bits per heavy atom. The van der Waals surface area contributed by atoms with Crippen LogP contribution in [-0.2, 0) is 6.54 Å². The second-order valence-corrected chi connectivity index (χ2v) is 6.56. The molecule has 1 N–H and O–H groups in total. The molecule has 2 aromatic carbocycles. The normalized spacial score (nSPS) is 19.8. The van der Waals surface area contributed by atoms with Crippen molar-refractivity contribution >= 4 is 11.5 Å². The minimum atomic E-state index is 0.836. The van der Waals surface area contributed by atoms with Crippen LogP contribution in [0.5, 0.6) is 0 Å². The van der Waals surface area contributed by atoms with E-state index in [4.69, 9.17) is 4.99 Å². The second-order valence-electron chi connectivity index (χ2n) is 6.56. The van der Waals surface area contributed by atoms with Gasteiger partial charge in [0.2, 0.25) is 0 Å². The van der Waals surface area contributed by atoms with Crippen molar-refractivity contribution in [1.82, 2.24) is 10.2 Å². The molecule has 0 saturated carbocycles. The molecule has 0 radical (unpaired) electrons. The van der Waals surface area contributed by atoms with Crippen LogP contribution in [0.25, 0.3) is 5.70 Å². The first-order chi connectivity index (χ1) is 13.2. The van der Waals surface area contributed by atoms with Gasteiger partial charge in [0.05, 0.1) is 0 Å². The zero-order valence-electron chi connectivity index (χ0n) is 15.8. The van der Waals surface area contributed by atoms with Crippen LogP contribution in [0, 0.1) is 0 Å². The molecule has 3 heteroatoms. The lowest BCUT2D eigenvalue weighted by molar-refractivity contribution is 0.402. The van der Waals surface area contributed by atoms with Gasteiger partial charge in [-0.15, -0.1) is 0 Å². The predicted molar refractivity (Wildman–Crippen MR) is 115 cm³/mol. The molecule has 136 valence electrons. The number of allylic oxidation sites excluding steroid dienone is 6. The highest BCUT2D eigenvalue weighted by molar-refractivity contribution is 6.05. The molecule has 0 bridgehead atoms. The van der Waals surface area contributed by atoms with E-state index in [9.17, 15) is 0 Å². The summed E-state index contributed by atoms with van der Waals surface area (Å²) in [6, 6.07) is 18.7. The van der Waals surface area contributed by atoms with Gasteiger partial charge in [0, 0.05) is 24.0 Å². The summed E-state index contributed by atoms with van der Waals surface area (Å²) in [7, 11) is 4.16. The van der Waals surface area contributed by atoms with Gasteiger partial charge in [-0.2, -0.15) is 0 Å². The van der Waals surface area contributed by atoms with E-state index in [0.717, 1.165) is 29.2 Å². The van der Waals surface area contributed by atoms with Crippen molar-refractivity contribution in [3.05, 3.63) is 114 Å². The zero-order chi connectivity index (χ0) is 18.9. The summed E-state index contributed by atoms with van der Waals surface area (Å²) in [5.41, 5.74) is 4.46. The first kappa shape index (κ1) is 18.6. The summed E-state index contributed by atoms with van der Waals surface area (Å²) < 4.78 is 0. The van der Waals surface area contributed by atoms with E-state index in [1.807, 2.05) is 54.8 Å². The molecule has 0 unspecified atom stereocenters. The van der Waals surface area contributed by atoms with Crippen molar-refractivity contribution < 1.29 is 0 Å². The van der Waals surface area contributed by atoms with Crippen molar-refractivity contribution in [2.45, 2.75) is 6.54 Å². The summed E-state index contributed by atoms with van der Waals surface area (Å²) >= 11 is 0. The van der Waals surface area contributed by atoms with E-state index < -0.39 is 0 Å². The Morgan fingerprint density at radius 3 is 2.33 bits per heavy atom. The van der Waals surface area contributed by atoms with Gasteiger partial charge < -0.3 is 10.2 Å². The SMILES string of the molecule is CN(C)Cc1ccccc1C1=N\C=C/C=C\C=C\C=C(/c2ccccc2)N1. The largest absolute Gasteiger partial charge is 0.339 e. The molecule has 1 aliphatic rings. The standard InChI is InChI=1S/C24H25N3/c1-27(2)19-21-15-10-11-16-22(21)24-25-18-12-5-3-4-9-17-23(26-24)20-13-7-6-8-14-20/h3-18H,19H2,1-2H3,(H,25,26)/b5-3-,9-4+,18-12-,23-17+. The highest BCUT2D eigenvalue weighted by atomic mass is 15.1. The summed E-state index contributed by atoms with van der Waals surface area (Å²) in [4.78, 5) is 6.89. The average Bonchev–Trinajstić information content (AvgIpc) is 2.73. The first-order valence-corrected chi connectivity index (χ1v) is 9.07. The number of hydrogen-bond donors (Lipinski definition) is 1. The Hall–Kier alpha value is -3.17. The fraction of sp³-hybridized carbons (Fsp3) is 0.125. The molecule has 1 heterocycles. The highest BCUT2D eigenvalue weighted by Crippen LogP contribution is 2.16. The van der Waals surface area contributed by atoms with E-state index in [1.54, 1.807) is 0 Å². The van der Waals surface area contributed by atoms with Crippen molar-refractivity contribution in [3.8, 4) is 0 Å². The molecule has 0 aliphatic carbocycles. The number of rotatable bonds is 4. The van der Waals surface area contributed by atoms with Gasteiger partial charge in [-0.3, -0.25) is 0 Å². The maximum Gasteiger partial charge on any atom is 0.137 e. The minimum absolute atomic E-state index is 0.836. The highest BCUT2D eigenvalue weighted by Gasteiger charge is 2.12. The van der Waals surface area contributed by atoms with E-state index in [2.05, 4.69) is 66.8 Å². The molecule has 0 spiro atoms. The van der Waals surface area contributed by atoms with Crippen LogP contribution < -0.4 is 5.32 Å². The third-order valence-corrected chi connectivity index (χ3v) is 4.09. The van der Waals surface area contributed by atoms with Gasteiger partial charge in [-0.05, 0) is 37.4 Å². The van der Waals surface area contributed by atoms with Crippen molar-refractivity contribution in [2.24, 2.45) is 4.99 Å². The van der Waals surface area contributed by atoms with Gasteiger partial charge in [-0.1, -0.05) is 78.9 Å². The quantitative estimate of drug-likeness (QED) is 0.856. The minimum Gasteiger partial charge on any atom is -0.339 e. The summed E-state index contributed by atoms with van der Waals surface area (Å²) in [5, 5.41) is 3.56. The number of nitrogens with zero attached hydrogens (tertiary/aromatic N) is 2. The molecular weight excluding hydrogens is 330 g/mol. The molecule has 3 nitrogen and oxygen atoms in total. The lowest BCUT2D eigenvalue weighted by atomic mass is 10.0. The topological polar surface area (TPSA) is 27.6 Å². The fourth-order valence-corrected chi connectivity index (χ4v) is 2.87. The first-order valence-electron chi connectivity index (χ1n) is 9.07. The van der Waals surface area contributed by atoms with Crippen LogP contribution in [0.3, 0.4) is 0 Å². The van der Waals surface area contributed by atoms with Crippen molar-refractivity contribution in [3.63, 3.8) is 0 Å². The Kier molecular flexibility index (Phi) is 6.55. The van der Waals surface area contributed by atoms with Crippen LogP contribution in [-0.4, -0.2) is 24.8 Å². The van der Waals surface area contributed by atoms with Crippen LogP contribution in [0.4, 0.5) is 0 Å². The second kappa shape index (κ2) is 9.51. The number of amidine groups is 1. The Morgan fingerprint density at radius 1 is 0.815 bits per heavy atom. The summed E-state index contributed by atoms with van der Waals surface area (Å²) in [5.74, 6) is 0.836. The van der Waals surface area contributed by atoms with Gasteiger partial charge in [0.15, 0.2) is 0 Å². The molecule has 0 aromatic heterocycles. The number of benzene rings is 2. The molecule has 0 atom stereocenters. The van der Waals surface area contributed by atoms with E-state index >= 15 is 0 Å². The zero-order valence-corrected chi connectivity index (χ0v) is 15.8. The van der Waals surface area contributed by atoms with Gasteiger partial charge >= 0.3 is 0 Å². The molecule has 27 heavy (non-hydrogen) atoms. The lowest BCUT2D eigenvalue weighted by Crippen LogP contribution is -2.25. The molecule has 0 fully saturated rings. The maximum atomic E-state index is 4.73. The molecule has 2 aromatic rings. The van der Waals surface area contributed by atoms with Crippen LogP contribution >= 0.6 is 0 Å². The summed E-state index contributed by atoms with van der Waals surface area (Å²) in [6.07, 6.45) is 13.9. The van der Waals surface area contributed by atoms with Gasteiger partial charge in [-0.25, -0.2) is 4.99 Å². The Labute approximate surface area is 161 Å². The Bertz CT molecular complexity index is 900. The molecular formula is C24H25N3. The molecule has 1 aliphatic heterocycles. The van der Waals surface area contributed by atoms with Gasteiger partial charge in [0.25, 0.3) is 0 Å². The van der Waals surface area contributed by atoms with Crippen molar-refractivity contribution in [2.75, 3.05) is 14.1 Å². The van der Waals surface area contributed by atoms with Crippen LogP contribution in [0.1, 0.15) is 16.7 Å². The molecule has 0 amide bonds. The van der Waals surface area contributed by atoms with E-state index in [-0.39, 0.29) is 0 Å². The Balaban J connectivity index is 2.05. The third kappa shape index (κ3) is 5.40. The smallest absolute Gasteiger partial charge is 0.137 e. The van der Waals surface area contributed by atoms with Crippen LogP contribution in [0.15, 0.2) is 102 Å². The van der Waals surface area contributed by atoms with E-state index in [0.29, 0.717) is 0 Å².